The van der Waals surface area contributed by atoms with Crippen LogP contribution in [0.5, 0.6) is 0 Å². The third kappa shape index (κ3) is 6.84. The van der Waals surface area contributed by atoms with Crippen LogP contribution in [0.4, 0.5) is 17.1 Å². The number of nitrogens with zero attached hydrogens (tertiary/aromatic N) is 2. The number of hydrogen-bond donors (Lipinski definition) is 0. The predicted octanol–water partition coefficient (Wildman–Crippen LogP) is 16.6. The first kappa shape index (κ1) is 27.5. The van der Waals surface area contributed by atoms with E-state index in [1.165, 1.54) is 0 Å². The van der Waals surface area contributed by atoms with Gasteiger partial charge in [0.1, 0.15) is 0 Å². The number of para-hydroxylation sites is 2. The Hall–Kier alpha value is -8.20. The summed E-state index contributed by atoms with van der Waals surface area (Å²) < 4.78 is 88.9. The zero-order valence-electron chi connectivity index (χ0n) is 43.4. The van der Waals surface area contributed by atoms with Gasteiger partial charge in [0.05, 0.1) is 30.4 Å². The highest BCUT2D eigenvalue weighted by Gasteiger charge is 2.19. The molecule has 0 spiro atoms. The van der Waals surface area contributed by atoms with Gasteiger partial charge in [-0.3, -0.25) is 0 Å². The highest BCUT2D eigenvalue weighted by Crippen LogP contribution is 2.43. The molecule has 1 aromatic heterocycles. The third-order valence-electron chi connectivity index (χ3n) is 11.3. The molecule has 0 radical (unpaired) electrons. The van der Waals surface area contributed by atoms with Crippen LogP contribution in [0.1, 0.15) is 13.7 Å². The van der Waals surface area contributed by atoms with E-state index in [0.29, 0.717) is 5.69 Å². The minimum atomic E-state index is -0.548. The van der Waals surface area contributed by atoms with Gasteiger partial charge >= 0.3 is 0 Å². The Balaban J connectivity index is 1.11. The maximum absolute atomic E-state index is 9.17. The maximum atomic E-state index is 9.17. The second-order valence-corrected chi connectivity index (χ2v) is 15.0. The monoisotopic (exact) mass is 800 g/mol. The van der Waals surface area contributed by atoms with Gasteiger partial charge in [-0.25, -0.2) is 0 Å². The fraction of sp³-hybridized carbons (Fsp3) is 0. The SMILES string of the molecule is [2H]c1c([2H])c([2H])c(-c2ccc(-n3c4ccccc4c4ccc(-c5ccccc5-c5cccc(N(c6ccccc6)c6cccc(-c7ccccc7)c6)c5)cc43)c(-c3c([2H])c([2H])c([2H])c([2H])c3[2H])c2)c([2H])c1[2H]. The minimum absolute atomic E-state index is 0.0704. The van der Waals surface area contributed by atoms with Crippen molar-refractivity contribution in [2.45, 2.75) is 0 Å². The van der Waals surface area contributed by atoms with Crippen LogP contribution in [0.2, 0.25) is 0 Å². The molecule has 292 valence electrons. The molecule has 0 saturated heterocycles. The molecular formula is C60H42N2. The summed E-state index contributed by atoms with van der Waals surface area (Å²) in [6.07, 6.45) is 0. The van der Waals surface area contributed by atoms with Crippen molar-refractivity contribution in [3.05, 3.63) is 255 Å². The molecule has 2 nitrogen and oxygen atoms in total. The molecule has 0 fully saturated rings. The molecule has 1 heterocycles. The Kier molecular flexibility index (Phi) is 7.15. The zero-order valence-corrected chi connectivity index (χ0v) is 33.4. The predicted molar refractivity (Wildman–Crippen MR) is 263 cm³/mol. The average Bonchev–Trinajstić information content (AvgIpc) is 3.75. The molecule has 0 saturated carbocycles. The Bertz CT molecular complexity index is 3890. The van der Waals surface area contributed by atoms with E-state index in [2.05, 4.69) is 108 Å². The van der Waals surface area contributed by atoms with E-state index in [4.69, 9.17) is 13.7 Å². The molecule has 0 aliphatic rings. The smallest absolute Gasteiger partial charge is 0.0629 e. The summed E-state index contributed by atoms with van der Waals surface area (Å²) in [5, 5.41) is 1.82. The van der Waals surface area contributed by atoms with Crippen molar-refractivity contribution in [1.82, 2.24) is 4.57 Å². The van der Waals surface area contributed by atoms with E-state index in [0.717, 1.165) is 72.2 Å². The van der Waals surface area contributed by atoms with E-state index in [1.807, 2.05) is 77.4 Å². The summed E-state index contributed by atoms with van der Waals surface area (Å²) in [4.78, 5) is 2.26. The molecular weight excluding hydrogens is 749 g/mol. The van der Waals surface area contributed by atoms with E-state index in [9.17, 15) is 0 Å². The second-order valence-electron chi connectivity index (χ2n) is 15.0. The fourth-order valence-corrected chi connectivity index (χ4v) is 8.54. The number of anilines is 3. The largest absolute Gasteiger partial charge is 0.310 e. The number of hydrogen-bond acceptors (Lipinski definition) is 1. The van der Waals surface area contributed by atoms with Crippen molar-refractivity contribution in [2.75, 3.05) is 4.90 Å². The lowest BCUT2D eigenvalue weighted by atomic mass is 9.93. The number of fused-ring (bicyclic) bond motifs is 3. The molecule has 11 aromatic rings. The van der Waals surface area contributed by atoms with Gasteiger partial charge in [0, 0.05) is 33.4 Å². The maximum Gasteiger partial charge on any atom is 0.0629 e. The summed E-state index contributed by atoms with van der Waals surface area (Å²) in [6, 6.07) is 60.2. The quantitative estimate of drug-likeness (QED) is 0.141. The van der Waals surface area contributed by atoms with E-state index in [1.54, 1.807) is 18.2 Å². The van der Waals surface area contributed by atoms with Crippen LogP contribution < -0.4 is 4.90 Å². The molecule has 0 N–H and O–H groups in total. The summed E-state index contributed by atoms with van der Waals surface area (Å²) in [6.45, 7) is 0. The van der Waals surface area contributed by atoms with Gasteiger partial charge in [-0.15, -0.1) is 0 Å². The Labute approximate surface area is 376 Å². The van der Waals surface area contributed by atoms with Gasteiger partial charge in [-0.1, -0.05) is 194 Å². The summed E-state index contributed by atoms with van der Waals surface area (Å²) in [5.74, 6) is 0. The normalized spacial score (nSPS) is 13.5. The van der Waals surface area contributed by atoms with Gasteiger partial charge in [0.25, 0.3) is 0 Å². The number of aromatic nitrogens is 1. The number of benzene rings is 10. The molecule has 0 aliphatic heterocycles. The molecule has 0 aliphatic carbocycles. The first-order chi connectivity index (χ1) is 34.9. The van der Waals surface area contributed by atoms with Crippen molar-refractivity contribution in [2.24, 2.45) is 0 Å². The lowest BCUT2D eigenvalue weighted by molar-refractivity contribution is 1.18. The van der Waals surface area contributed by atoms with Crippen LogP contribution in [-0.4, -0.2) is 4.57 Å². The molecule has 0 atom stereocenters. The van der Waals surface area contributed by atoms with Crippen LogP contribution in [-0.2, 0) is 0 Å². The summed E-state index contributed by atoms with van der Waals surface area (Å²) >= 11 is 0. The van der Waals surface area contributed by atoms with Gasteiger partial charge in [-0.2, -0.15) is 0 Å². The van der Waals surface area contributed by atoms with Gasteiger partial charge in [-0.05, 0) is 111 Å². The van der Waals surface area contributed by atoms with E-state index >= 15 is 0 Å². The minimum Gasteiger partial charge on any atom is -0.310 e. The molecule has 62 heavy (non-hydrogen) atoms. The van der Waals surface area contributed by atoms with Crippen molar-refractivity contribution >= 4 is 38.9 Å². The lowest BCUT2D eigenvalue weighted by Gasteiger charge is -2.26. The Morgan fingerprint density at radius 3 is 1.55 bits per heavy atom. The summed E-state index contributed by atoms with van der Waals surface area (Å²) in [7, 11) is 0. The molecule has 0 bridgehead atoms. The second kappa shape index (κ2) is 16.1. The van der Waals surface area contributed by atoms with E-state index < -0.39 is 60.4 Å². The highest BCUT2D eigenvalue weighted by atomic mass is 15.1. The lowest BCUT2D eigenvalue weighted by Crippen LogP contribution is -2.10. The van der Waals surface area contributed by atoms with Crippen LogP contribution in [0.3, 0.4) is 0 Å². The highest BCUT2D eigenvalue weighted by molar-refractivity contribution is 6.11. The molecule has 0 amide bonds. The summed E-state index contributed by atoms with van der Waals surface area (Å²) in [5.41, 5.74) is 11.4. The first-order valence-electron chi connectivity index (χ1n) is 25.4. The van der Waals surface area contributed by atoms with E-state index in [-0.39, 0.29) is 22.3 Å². The van der Waals surface area contributed by atoms with Crippen molar-refractivity contribution in [1.29, 1.82) is 0 Å². The first-order valence-corrected chi connectivity index (χ1v) is 20.4. The van der Waals surface area contributed by atoms with Gasteiger partial charge in [0.2, 0.25) is 0 Å². The van der Waals surface area contributed by atoms with Crippen LogP contribution in [0, 0.1) is 0 Å². The topological polar surface area (TPSA) is 8.17 Å². The van der Waals surface area contributed by atoms with Gasteiger partial charge in [0.15, 0.2) is 0 Å². The van der Waals surface area contributed by atoms with Crippen LogP contribution in [0.15, 0.2) is 255 Å². The standard InChI is InChI=1S/C60H42N2/c1-5-19-43(20-6-1)46-25-17-29-51(39-46)61(50-27-11-4-12-28-50)52-30-18-26-48(40-52)53-31-13-14-32-54(53)49-35-37-56-55-33-15-16-34-58(55)62(60(56)42-49)59-38-36-47(44-21-7-2-8-22-44)41-57(59)45-23-9-3-10-24-45/h1-42H/i2D,3D,7D,8D,9D,10D,21D,22D,23D,24D. The third-order valence-corrected chi connectivity index (χ3v) is 11.3. The van der Waals surface area contributed by atoms with Crippen LogP contribution >= 0.6 is 0 Å². The van der Waals surface area contributed by atoms with Crippen molar-refractivity contribution < 1.29 is 13.7 Å². The zero-order chi connectivity index (χ0) is 49.9. The average molecular weight is 801 g/mol. The van der Waals surface area contributed by atoms with Crippen molar-refractivity contribution in [3.63, 3.8) is 0 Å². The van der Waals surface area contributed by atoms with Crippen LogP contribution in [0.25, 0.3) is 83.1 Å². The number of rotatable bonds is 9. The fourth-order valence-electron chi connectivity index (χ4n) is 8.54. The molecule has 0 unspecified atom stereocenters. The Morgan fingerprint density at radius 1 is 0.306 bits per heavy atom. The Morgan fingerprint density at radius 2 is 0.823 bits per heavy atom. The molecule has 10 aromatic carbocycles. The van der Waals surface area contributed by atoms with Crippen molar-refractivity contribution in [3.8, 4) is 61.3 Å². The molecule has 11 rings (SSSR count). The molecule has 2 heteroatoms. The van der Waals surface area contributed by atoms with Gasteiger partial charge < -0.3 is 9.47 Å².